The normalized spacial score (nSPS) is 10.9. The highest BCUT2D eigenvalue weighted by atomic mass is 32.2. The second kappa shape index (κ2) is 11.1. The van der Waals surface area contributed by atoms with Crippen LogP contribution in [-0.4, -0.2) is 34.1 Å². The standard InChI is InChI=1S/C24H24N2O5S/c1-2-15-25-32(28,29)23-13-11-20(12-14-23)26-24(27)19-7-6-10-22(18-19)31-17-16-30-21-8-4-3-5-9-21/h2-14,18,25H,1,15-17H2,(H,26,27). The zero-order chi connectivity index (χ0) is 22.8. The number of ether oxygens (including phenoxy) is 2. The molecular weight excluding hydrogens is 428 g/mol. The molecule has 0 bridgehead atoms. The minimum atomic E-state index is -3.62. The maximum absolute atomic E-state index is 12.6. The summed E-state index contributed by atoms with van der Waals surface area (Å²) >= 11 is 0. The van der Waals surface area contributed by atoms with Gasteiger partial charge in [0.1, 0.15) is 24.7 Å². The average Bonchev–Trinajstić information content (AvgIpc) is 2.82. The van der Waals surface area contributed by atoms with Crippen LogP contribution < -0.4 is 19.5 Å². The molecule has 1 amide bonds. The molecule has 0 aliphatic heterocycles. The van der Waals surface area contributed by atoms with E-state index in [4.69, 9.17) is 9.47 Å². The Hall–Kier alpha value is -3.62. The van der Waals surface area contributed by atoms with Crippen LogP contribution >= 0.6 is 0 Å². The Morgan fingerprint density at radius 3 is 2.22 bits per heavy atom. The van der Waals surface area contributed by atoms with E-state index in [-0.39, 0.29) is 17.3 Å². The van der Waals surface area contributed by atoms with E-state index in [0.717, 1.165) is 5.75 Å². The lowest BCUT2D eigenvalue weighted by molar-refractivity contribution is 0.102. The highest BCUT2D eigenvalue weighted by Crippen LogP contribution is 2.18. The van der Waals surface area contributed by atoms with Gasteiger partial charge in [0.2, 0.25) is 10.0 Å². The van der Waals surface area contributed by atoms with E-state index in [9.17, 15) is 13.2 Å². The summed E-state index contributed by atoms with van der Waals surface area (Å²) < 4.78 is 37.8. The molecule has 3 aromatic rings. The number of benzene rings is 3. The number of rotatable bonds is 11. The molecule has 0 saturated heterocycles. The van der Waals surface area contributed by atoms with Crippen LogP contribution in [-0.2, 0) is 10.0 Å². The van der Waals surface area contributed by atoms with Gasteiger partial charge >= 0.3 is 0 Å². The van der Waals surface area contributed by atoms with Crippen molar-refractivity contribution in [3.63, 3.8) is 0 Å². The fraction of sp³-hybridized carbons (Fsp3) is 0.125. The number of para-hydroxylation sites is 1. The third-order valence-electron chi connectivity index (χ3n) is 4.30. The summed E-state index contributed by atoms with van der Waals surface area (Å²) in [5.74, 6) is 0.972. The molecule has 8 heteroatoms. The smallest absolute Gasteiger partial charge is 0.255 e. The molecule has 0 aromatic heterocycles. The molecule has 0 saturated carbocycles. The number of nitrogens with one attached hydrogen (secondary N) is 2. The summed E-state index contributed by atoms with van der Waals surface area (Å²) in [4.78, 5) is 12.7. The van der Waals surface area contributed by atoms with E-state index in [1.165, 1.54) is 30.3 Å². The molecule has 0 aliphatic rings. The lowest BCUT2D eigenvalue weighted by atomic mass is 10.2. The van der Waals surface area contributed by atoms with Gasteiger partial charge in [-0.15, -0.1) is 6.58 Å². The molecule has 3 rings (SSSR count). The van der Waals surface area contributed by atoms with Gasteiger partial charge in [-0.2, -0.15) is 0 Å². The van der Waals surface area contributed by atoms with Crippen LogP contribution in [0, 0.1) is 0 Å². The second-order valence-electron chi connectivity index (χ2n) is 6.66. The van der Waals surface area contributed by atoms with Gasteiger partial charge in [0.25, 0.3) is 5.91 Å². The third kappa shape index (κ3) is 6.69. The average molecular weight is 453 g/mol. The van der Waals surface area contributed by atoms with Gasteiger partial charge in [-0.25, -0.2) is 13.1 Å². The molecule has 7 nitrogen and oxygen atoms in total. The molecule has 0 unspecified atom stereocenters. The Morgan fingerprint density at radius 2 is 1.53 bits per heavy atom. The van der Waals surface area contributed by atoms with Crippen molar-refractivity contribution in [2.24, 2.45) is 0 Å². The predicted octanol–water partition coefficient (Wildman–Crippen LogP) is 3.86. The third-order valence-corrected chi connectivity index (χ3v) is 5.74. The minimum Gasteiger partial charge on any atom is -0.490 e. The summed E-state index contributed by atoms with van der Waals surface area (Å²) in [5, 5.41) is 2.75. The van der Waals surface area contributed by atoms with Gasteiger partial charge in [0.15, 0.2) is 0 Å². The van der Waals surface area contributed by atoms with Crippen molar-refractivity contribution in [2.75, 3.05) is 25.1 Å². The van der Waals surface area contributed by atoms with Gasteiger partial charge in [-0.3, -0.25) is 4.79 Å². The van der Waals surface area contributed by atoms with Gasteiger partial charge in [-0.05, 0) is 54.6 Å². The maximum atomic E-state index is 12.6. The largest absolute Gasteiger partial charge is 0.490 e. The van der Waals surface area contributed by atoms with Crippen LogP contribution in [0.5, 0.6) is 11.5 Å². The van der Waals surface area contributed by atoms with Crippen molar-refractivity contribution in [1.82, 2.24) is 4.72 Å². The molecule has 32 heavy (non-hydrogen) atoms. The Labute approximate surface area is 187 Å². The molecule has 3 aromatic carbocycles. The summed E-state index contributed by atoms with van der Waals surface area (Å²) in [7, 11) is -3.62. The minimum absolute atomic E-state index is 0.102. The van der Waals surface area contributed by atoms with Gasteiger partial charge in [0.05, 0.1) is 4.90 Å². The van der Waals surface area contributed by atoms with Crippen molar-refractivity contribution in [2.45, 2.75) is 4.90 Å². The number of carbonyl (C=O) groups is 1. The number of amides is 1. The number of sulfonamides is 1. The van der Waals surface area contributed by atoms with Crippen molar-refractivity contribution < 1.29 is 22.7 Å². The van der Waals surface area contributed by atoms with Crippen molar-refractivity contribution in [3.05, 3.63) is 97.1 Å². The van der Waals surface area contributed by atoms with Gasteiger partial charge < -0.3 is 14.8 Å². The van der Waals surface area contributed by atoms with E-state index in [0.29, 0.717) is 30.2 Å². The molecule has 0 radical (unpaired) electrons. The Kier molecular flexibility index (Phi) is 8.02. The number of hydrogen-bond donors (Lipinski definition) is 2. The predicted molar refractivity (Wildman–Crippen MR) is 124 cm³/mol. The first-order valence-electron chi connectivity index (χ1n) is 9.90. The van der Waals surface area contributed by atoms with E-state index in [2.05, 4.69) is 16.6 Å². The van der Waals surface area contributed by atoms with E-state index in [1.54, 1.807) is 24.3 Å². The molecular formula is C24H24N2O5S. The van der Waals surface area contributed by atoms with Crippen LogP contribution in [0.3, 0.4) is 0 Å². The lowest BCUT2D eigenvalue weighted by Crippen LogP contribution is -2.23. The highest BCUT2D eigenvalue weighted by Gasteiger charge is 2.13. The van der Waals surface area contributed by atoms with Crippen molar-refractivity contribution in [1.29, 1.82) is 0 Å². The SMILES string of the molecule is C=CCNS(=O)(=O)c1ccc(NC(=O)c2cccc(OCCOc3ccccc3)c2)cc1. The van der Waals surface area contributed by atoms with E-state index in [1.807, 2.05) is 30.3 Å². The van der Waals surface area contributed by atoms with Crippen LogP contribution in [0.4, 0.5) is 5.69 Å². The Bertz CT molecular complexity index is 1150. The number of anilines is 1. The summed E-state index contributed by atoms with van der Waals surface area (Å²) in [6.45, 7) is 4.32. The van der Waals surface area contributed by atoms with Gasteiger partial charge in [0, 0.05) is 17.8 Å². The van der Waals surface area contributed by atoms with E-state index < -0.39 is 10.0 Å². The Balaban J connectivity index is 1.54. The topological polar surface area (TPSA) is 93.7 Å². The zero-order valence-electron chi connectivity index (χ0n) is 17.4. The first-order chi connectivity index (χ1) is 15.5. The first-order valence-corrected chi connectivity index (χ1v) is 11.4. The lowest BCUT2D eigenvalue weighted by Gasteiger charge is -2.10. The summed E-state index contributed by atoms with van der Waals surface area (Å²) in [6.07, 6.45) is 1.46. The summed E-state index contributed by atoms with van der Waals surface area (Å²) in [5.41, 5.74) is 0.885. The maximum Gasteiger partial charge on any atom is 0.255 e. The van der Waals surface area contributed by atoms with Crippen LogP contribution in [0.2, 0.25) is 0 Å². The second-order valence-corrected chi connectivity index (χ2v) is 8.42. The number of hydrogen-bond acceptors (Lipinski definition) is 5. The van der Waals surface area contributed by atoms with Crippen LogP contribution in [0.1, 0.15) is 10.4 Å². The molecule has 0 spiro atoms. The first kappa shape index (κ1) is 23.1. The monoisotopic (exact) mass is 452 g/mol. The Morgan fingerprint density at radius 1 is 0.875 bits per heavy atom. The fourth-order valence-corrected chi connectivity index (χ4v) is 3.73. The van der Waals surface area contributed by atoms with E-state index >= 15 is 0 Å². The van der Waals surface area contributed by atoms with Crippen molar-refractivity contribution in [3.8, 4) is 11.5 Å². The fourth-order valence-electron chi connectivity index (χ4n) is 2.74. The summed E-state index contributed by atoms with van der Waals surface area (Å²) in [6, 6.07) is 22.1. The molecule has 0 heterocycles. The quantitative estimate of drug-likeness (QED) is 0.340. The molecule has 0 aliphatic carbocycles. The van der Waals surface area contributed by atoms with Crippen molar-refractivity contribution >= 4 is 21.6 Å². The molecule has 166 valence electrons. The zero-order valence-corrected chi connectivity index (χ0v) is 18.2. The van der Waals surface area contributed by atoms with Crippen LogP contribution in [0.25, 0.3) is 0 Å². The van der Waals surface area contributed by atoms with Crippen LogP contribution in [0.15, 0.2) is 96.4 Å². The highest BCUT2D eigenvalue weighted by molar-refractivity contribution is 7.89. The molecule has 2 N–H and O–H groups in total. The number of carbonyl (C=O) groups excluding carboxylic acids is 1. The molecule has 0 atom stereocenters. The molecule has 0 fully saturated rings. The van der Waals surface area contributed by atoms with Gasteiger partial charge in [-0.1, -0.05) is 30.3 Å².